The van der Waals surface area contributed by atoms with Gasteiger partial charge < -0.3 is 9.88 Å². The van der Waals surface area contributed by atoms with Crippen molar-refractivity contribution in [2.75, 3.05) is 11.9 Å². The van der Waals surface area contributed by atoms with Crippen LogP contribution < -0.4 is 5.32 Å². The van der Waals surface area contributed by atoms with Crippen LogP contribution in [0.4, 0.5) is 5.69 Å². The first-order valence-corrected chi connectivity index (χ1v) is 7.20. The van der Waals surface area contributed by atoms with E-state index in [0.29, 0.717) is 0 Å². The monoisotopic (exact) mass is 277 g/mol. The minimum atomic E-state index is 0.912. The molecule has 0 atom stereocenters. The molecule has 0 saturated carbocycles. The molecule has 0 aliphatic heterocycles. The van der Waals surface area contributed by atoms with Crippen molar-refractivity contribution in [3.05, 3.63) is 78.4 Å². The van der Waals surface area contributed by atoms with Crippen LogP contribution in [0.1, 0.15) is 11.1 Å². The number of anilines is 1. The normalized spacial score (nSPS) is 10.5. The Morgan fingerprint density at radius 3 is 2.71 bits per heavy atom. The highest BCUT2D eigenvalue weighted by Crippen LogP contribution is 2.21. The summed E-state index contributed by atoms with van der Waals surface area (Å²) < 4.78 is 2.03. The van der Waals surface area contributed by atoms with Gasteiger partial charge in [0.15, 0.2) is 0 Å². The molecule has 0 spiro atoms. The summed E-state index contributed by atoms with van der Waals surface area (Å²) in [5.74, 6) is 0. The summed E-state index contributed by atoms with van der Waals surface area (Å²) in [5, 5.41) is 3.54. The first-order valence-electron chi connectivity index (χ1n) is 7.20. The van der Waals surface area contributed by atoms with E-state index in [9.17, 15) is 0 Å². The Labute approximate surface area is 125 Å². The van der Waals surface area contributed by atoms with E-state index in [1.165, 1.54) is 11.1 Å². The Morgan fingerprint density at radius 2 is 1.95 bits per heavy atom. The van der Waals surface area contributed by atoms with E-state index >= 15 is 0 Å². The second-order valence-corrected chi connectivity index (χ2v) is 5.15. The van der Waals surface area contributed by atoms with E-state index in [-0.39, 0.29) is 0 Å². The van der Waals surface area contributed by atoms with Crippen LogP contribution in [0.3, 0.4) is 0 Å². The summed E-state index contributed by atoms with van der Waals surface area (Å²) in [5.41, 5.74) is 4.87. The fraction of sp³-hybridized carbons (Fsp3) is 0.167. The molecule has 3 heteroatoms. The van der Waals surface area contributed by atoms with Crippen LogP contribution in [0.5, 0.6) is 0 Å². The molecule has 3 nitrogen and oxygen atoms in total. The minimum absolute atomic E-state index is 0.912. The highest BCUT2D eigenvalue weighted by Gasteiger charge is 2.04. The third-order valence-corrected chi connectivity index (χ3v) is 3.51. The summed E-state index contributed by atoms with van der Waals surface area (Å²) in [6.45, 7) is 3.02. The molecule has 0 aliphatic rings. The number of aryl methyl sites for hydroxylation is 1. The molecule has 3 aromatic rings. The molecule has 0 radical (unpaired) electrons. The first kappa shape index (κ1) is 13.4. The molecule has 0 amide bonds. The van der Waals surface area contributed by atoms with Crippen molar-refractivity contribution in [2.45, 2.75) is 13.3 Å². The zero-order chi connectivity index (χ0) is 14.5. The number of nitrogens with zero attached hydrogens (tertiary/aromatic N) is 2. The molecular formula is C18H19N3. The number of imidazole rings is 1. The summed E-state index contributed by atoms with van der Waals surface area (Å²) in [6.07, 6.45) is 6.60. The average Bonchev–Trinajstić information content (AvgIpc) is 3.03. The molecule has 21 heavy (non-hydrogen) atoms. The van der Waals surface area contributed by atoms with Crippen molar-refractivity contribution in [1.82, 2.24) is 9.55 Å². The number of hydrogen-bond donors (Lipinski definition) is 1. The van der Waals surface area contributed by atoms with Crippen molar-refractivity contribution in [2.24, 2.45) is 0 Å². The average molecular weight is 277 g/mol. The zero-order valence-electron chi connectivity index (χ0n) is 12.2. The molecule has 2 aromatic carbocycles. The standard InChI is InChI=1S/C18H19N3/c1-15-7-8-18(21-12-11-19-14-21)17(13-15)20-10-9-16-5-3-2-4-6-16/h2-8,11-14,20H,9-10H2,1H3. The maximum absolute atomic E-state index is 4.13. The van der Waals surface area contributed by atoms with Gasteiger partial charge in [-0.15, -0.1) is 0 Å². The van der Waals surface area contributed by atoms with Gasteiger partial charge in [-0.2, -0.15) is 0 Å². The van der Waals surface area contributed by atoms with Gasteiger partial charge in [0.05, 0.1) is 17.7 Å². The molecular weight excluding hydrogens is 258 g/mol. The van der Waals surface area contributed by atoms with Crippen LogP contribution in [0.25, 0.3) is 5.69 Å². The van der Waals surface area contributed by atoms with Gasteiger partial charge in [0.2, 0.25) is 0 Å². The lowest BCUT2D eigenvalue weighted by Gasteiger charge is -2.13. The second-order valence-electron chi connectivity index (χ2n) is 5.15. The van der Waals surface area contributed by atoms with Crippen molar-refractivity contribution in [1.29, 1.82) is 0 Å². The Balaban J connectivity index is 1.74. The van der Waals surface area contributed by atoms with E-state index in [1.807, 2.05) is 17.1 Å². The molecule has 3 rings (SSSR count). The van der Waals surface area contributed by atoms with Gasteiger partial charge in [0, 0.05) is 18.9 Å². The predicted octanol–water partition coefficient (Wildman–Crippen LogP) is 3.84. The topological polar surface area (TPSA) is 29.9 Å². The summed E-state index contributed by atoms with van der Waals surface area (Å²) in [4.78, 5) is 4.13. The van der Waals surface area contributed by atoms with Crippen LogP contribution >= 0.6 is 0 Å². The van der Waals surface area contributed by atoms with Gasteiger partial charge in [-0.1, -0.05) is 36.4 Å². The van der Waals surface area contributed by atoms with Crippen LogP contribution in [0.2, 0.25) is 0 Å². The highest BCUT2D eigenvalue weighted by molar-refractivity contribution is 5.62. The quantitative estimate of drug-likeness (QED) is 0.768. The van der Waals surface area contributed by atoms with E-state index < -0.39 is 0 Å². The van der Waals surface area contributed by atoms with Gasteiger partial charge >= 0.3 is 0 Å². The summed E-state index contributed by atoms with van der Waals surface area (Å²) >= 11 is 0. The van der Waals surface area contributed by atoms with Gasteiger partial charge in [0.1, 0.15) is 0 Å². The number of rotatable bonds is 5. The fourth-order valence-corrected chi connectivity index (χ4v) is 2.40. The number of nitrogens with one attached hydrogen (secondary N) is 1. The lowest BCUT2D eigenvalue weighted by atomic mass is 10.1. The highest BCUT2D eigenvalue weighted by atomic mass is 15.0. The van der Waals surface area contributed by atoms with Crippen LogP contribution in [0, 0.1) is 6.92 Å². The van der Waals surface area contributed by atoms with E-state index in [1.54, 1.807) is 6.20 Å². The molecule has 106 valence electrons. The third kappa shape index (κ3) is 3.31. The van der Waals surface area contributed by atoms with E-state index in [4.69, 9.17) is 0 Å². The molecule has 0 aliphatic carbocycles. The Kier molecular flexibility index (Phi) is 4.01. The summed E-state index contributed by atoms with van der Waals surface area (Å²) in [6, 6.07) is 17.0. The number of aromatic nitrogens is 2. The molecule has 0 fully saturated rings. The van der Waals surface area contributed by atoms with Crippen molar-refractivity contribution >= 4 is 5.69 Å². The Bertz CT molecular complexity index is 688. The van der Waals surface area contributed by atoms with Crippen LogP contribution in [-0.4, -0.2) is 16.1 Å². The maximum Gasteiger partial charge on any atom is 0.0992 e. The van der Waals surface area contributed by atoms with Gasteiger partial charge in [-0.25, -0.2) is 4.98 Å². The molecule has 0 saturated heterocycles. The fourth-order valence-electron chi connectivity index (χ4n) is 2.40. The zero-order valence-corrected chi connectivity index (χ0v) is 12.2. The number of benzene rings is 2. The van der Waals surface area contributed by atoms with Crippen LogP contribution in [0.15, 0.2) is 67.3 Å². The molecule has 0 bridgehead atoms. The van der Waals surface area contributed by atoms with Crippen molar-refractivity contribution in [3.8, 4) is 5.69 Å². The van der Waals surface area contributed by atoms with Gasteiger partial charge in [0.25, 0.3) is 0 Å². The van der Waals surface area contributed by atoms with Crippen molar-refractivity contribution in [3.63, 3.8) is 0 Å². The molecule has 1 aromatic heterocycles. The lowest BCUT2D eigenvalue weighted by Crippen LogP contribution is -2.08. The smallest absolute Gasteiger partial charge is 0.0992 e. The van der Waals surface area contributed by atoms with Gasteiger partial charge in [-0.3, -0.25) is 0 Å². The van der Waals surface area contributed by atoms with Gasteiger partial charge in [-0.05, 0) is 36.6 Å². The minimum Gasteiger partial charge on any atom is -0.383 e. The van der Waals surface area contributed by atoms with E-state index in [2.05, 4.69) is 65.8 Å². The second kappa shape index (κ2) is 6.27. The number of hydrogen-bond acceptors (Lipinski definition) is 2. The lowest BCUT2D eigenvalue weighted by molar-refractivity contribution is 1.000. The Morgan fingerprint density at radius 1 is 1.10 bits per heavy atom. The largest absolute Gasteiger partial charge is 0.383 e. The molecule has 1 N–H and O–H groups in total. The van der Waals surface area contributed by atoms with E-state index in [0.717, 1.165) is 24.3 Å². The molecule has 0 unspecified atom stereocenters. The SMILES string of the molecule is Cc1ccc(-n2ccnc2)c(NCCc2ccccc2)c1. The first-order chi connectivity index (χ1) is 10.3. The van der Waals surface area contributed by atoms with Crippen LogP contribution in [-0.2, 0) is 6.42 Å². The third-order valence-electron chi connectivity index (χ3n) is 3.51. The summed E-state index contributed by atoms with van der Waals surface area (Å²) in [7, 11) is 0. The Hall–Kier alpha value is -2.55. The van der Waals surface area contributed by atoms with Crippen molar-refractivity contribution < 1.29 is 0 Å². The molecule has 1 heterocycles. The predicted molar refractivity (Wildman–Crippen MR) is 86.9 cm³/mol. The maximum atomic E-state index is 4.13.